The third-order valence-corrected chi connectivity index (χ3v) is 2.28. The lowest BCUT2D eigenvalue weighted by molar-refractivity contribution is 0.0600. The molecule has 0 fully saturated rings. The largest absolute Gasteiger partial charge is 0.493 e. The van der Waals surface area contributed by atoms with Crippen LogP contribution in [0.25, 0.3) is 0 Å². The molecule has 0 bridgehead atoms. The van der Waals surface area contributed by atoms with Crippen LogP contribution in [0, 0.1) is 6.92 Å². The van der Waals surface area contributed by atoms with Crippen LogP contribution in [0.2, 0.25) is 0 Å². The molecule has 4 heteroatoms. The Morgan fingerprint density at radius 2 is 2.12 bits per heavy atom. The Bertz CT molecular complexity index is 388. The first kappa shape index (κ1) is 12.4. The molecule has 1 aromatic rings. The molecule has 0 unspecified atom stereocenters. The summed E-state index contributed by atoms with van der Waals surface area (Å²) in [7, 11) is 1.34. The molecule has 0 saturated heterocycles. The Hall–Kier alpha value is -1.71. The third kappa shape index (κ3) is 2.66. The first-order valence-corrected chi connectivity index (χ1v) is 5.21. The Kier molecular flexibility index (Phi) is 4.17. The Balaban J connectivity index is 3.06. The number of rotatable bonds is 4. The molecule has 1 aromatic carbocycles. The maximum Gasteiger partial charge on any atom is 0.338 e. The Morgan fingerprint density at radius 3 is 2.69 bits per heavy atom. The van der Waals surface area contributed by atoms with Crippen molar-refractivity contribution in [2.24, 2.45) is 0 Å². The first-order chi connectivity index (χ1) is 7.60. The van der Waals surface area contributed by atoms with E-state index in [1.165, 1.54) is 7.11 Å². The van der Waals surface area contributed by atoms with Gasteiger partial charge < -0.3 is 15.2 Å². The second kappa shape index (κ2) is 5.39. The number of hydrogen-bond donors (Lipinski definition) is 1. The molecule has 0 spiro atoms. The maximum atomic E-state index is 11.4. The zero-order valence-electron chi connectivity index (χ0n) is 9.87. The molecule has 0 saturated carbocycles. The Morgan fingerprint density at radius 1 is 1.44 bits per heavy atom. The average Bonchev–Trinajstić information content (AvgIpc) is 2.29. The summed E-state index contributed by atoms with van der Waals surface area (Å²) in [6.07, 6.45) is 0.905. The number of ether oxygens (including phenoxy) is 2. The van der Waals surface area contributed by atoms with Crippen LogP contribution in [0.4, 0.5) is 5.69 Å². The summed E-state index contributed by atoms with van der Waals surface area (Å²) in [6.45, 7) is 4.48. The fourth-order valence-electron chi connectivity index (χ4n) is 1.31. The molecule has 0 aliphatic rings. The minimum atomic E-state index is -0.409. The summed E-state index contributed by atoms with van der Waals surface area (Å²) in [5.74, 6) is 0.232. The predicted octanol–water partition coefficient (Wildman–Crippen LogP) is 2.15. The highest BCUT2D eigenvalue weighted by Crippen LogP contribution is 2.26. The highest BCUT2D eigenvalue weighted by atomic mass is 16.5. The number of esters is 1. The van der Waals surface area contributed by atoms with Crippen molar-refractivity contribution in [2.45, 2.75) is 20.3 Å². The van der Waals surface area contributed by atoms with Gasteiger partial charge in [0.1, 0.15) is 5.75 Å². The monoisotopic (exact) mass is 223 g/mol. The lowest BCUT2D eigenvalue weighted by Gasteiger charge is -2.11. The van der Waals surface area contributed by atoms with E-state index >= 15 is 0 Å². The van der Waals surface area contributed by atoms with E-state index in [-0.39, 0.29) is 0 Å². The Labute approximate surface area is 95.3 Å². The summed E-state index contributed by atoms with van der Waals surface area (Å²) in [5, 5.41) is 0. The average molecular weight is 223 g/mol. The van der Waals surface area contributed by atoms with Gasteiger partial charge in [0.2, 0.25) is 0 Å². The van der Waals surface area contributed by atoms with Crippen molar-refractivity contribution in [3.05, 3.63) is 23.3 Å². The number of anilines is 1. The zero-order valence-corrected chi connectivity index (χ0v) is 9.87. The lowest BCUT2D eigenvalue weighted by Crippen LogP contribution is -2.06. The maximum absolute atomic E-state index is 11.4. The lowest BCUT2D eigenvalue weighted by atomic mass is 10.1. The quantitative estimate of drug-likeness (QED) is 0.627. The van der Waals surface area contributed by atoms with E-state index in [2.05, 4.69) is 4.74 Å². The highest BCUT2D eigenvalue weighted by Gasteiger charge is 2.11. The minimum absolute atomic E-state index is 0.409. The van der Waals surface area contributed by atoms with Crippen molar-refractivity contribution in [1.82, 2.24) is 0 Å². The standard InChI is InChI=1S/C12H17NO3/c1-4-5-16-11-7-9(12(14)15-3)6-10(13)8(11)2/h6-7H,4-5,13H2,1-3H3. The topological polar surface area (TPSA) is 61.5 Å². The van der Waals surface area contributed by atoms with Crippen molar-refractivity contribution < 1.29 is 14.3 Å². The second-order valence-electron chi connectivity index (χ2n) is 3.53. The molecule has 0 radical (unpaired) electrons. The van der Waals surface area contributed by atoms with Crippen molar-refractivity contribution in [1.29, 1.82) is 0 Å². The fourth-order valence-corrected chi connectivity index (χ4v) is 1.31. The molecule has 0 amide bonds. The molecule has 4 nitrogen and oxygen atoms in total. The third-order valence-electron chi connectivity index (χ3n) is 2.28. The number of methoxy groups -OCH3 is 1. The van der Waals surface area contributed by atoms with Crippen molar-refractivity contribution in [3.8, 4) is 5.75 Å². The molecule has 16 heavy (non-hydrogen) atoms. The molecule has 1 rings (SSSR count). The van der Waals surface area contributed by atoms with Crippen LogP contribution in [-0.4, -0.2) is 19.7 Å². The number of hydrogen-bond acceptors (Lipinski definition) is 4. The number of carbonyl (C=O) groups is 1. The summed E-state index contributed by atoms with van der Waals surface area (Å²) in [4.78, 5) is 11.4. The van der Waals surface area contributed by atoms with E-state index in [9.17, 15) is 4.79 Å². The summed E-state index contributed by atoms with van der Waals surface area (Å²) in [6, 6.07) is 3.26. The van der Waals surface area contributed by atoms with Gasteiger partial charge in [-0.15, -0.1) is 0 Å². The van der Waals surface area contributed by atoms with Gasteiger partial charge in [-0.05, 0) is 25.5 Å². The van der Waals surface area contributed by atoms with Crippen molar-refractivity contribution in [3.63, 3.8) is 0 Å². The van der Waals surface area contributed by atoms with Gasteiger partial charge in [0, 0.05) is 11.3 Å². The SMILES string of the molecule is CCCOc1cc(C(=O)OC)cc(N)c1C. The molecule has 0 atom stereocenters. The molecular weight excluding hydrogens is 206 g/mol. The summed E-state index contributed by atoms with van der Waals surface area (Å²) < 4.78 is 10.2. The predicted molar refractivity (Wildman–Crippen MR) is 62.7 cm³/mol. The van der Waals surface area contributed by atoms with Crippen molar-refractivity contribution >= 4 is 11.7 Å². The van der Waals surface area contributed by atoms with Crippen LogP contribution in [0.1, 0.15) is 29.3 Å². The van der Waals surface area contributed by atoms with Crippen LogP contribution >= 0.6 is 0 Å². The summed E-state index contributed by atoms with van der Waals surface area (Å²) in [5.41, 5.74) is 7.60. The van der Waals surface area contributed by atoms with Gasteiger partial charge in [-0.2, -0.15) is 0 Å². The van der Waals surface area contributed by atoms with Gasteiger partial charge in [0.05, 0.1) is 19.3 Å². The van der Waals surface area contributed by atoms with Crippen LogP contribution in [0.5, 0.6) is 5.75 Å². The molecule has 0 heterocycles. The second-order valence-corrected chi connectivity index (χ2v) is 3.53. The summed E-state index contributed by atoms with van der Waals surface area (Å²) >= 11 is 0. The van der Waals surface area contributed by atoms with Gasteiger partial charge in [0.15, 0.2) is 0 Å². The number of nitrogen functional groups attached to an aromatic ring is 1. The van der Waals surface area contributed by atoms with Gasteiger partial charge in [-0.25, -0.2) is 4.79 Å². The van der Waals surface area contributed by atoms with Gasteiger partial charge in [-0.3, -0.25) is 0 Å². The highest BCUT2D eigenvalue weighted by molar-refractivity contribution is 5.91. The van der Waals surface area contributed by atoms with Gasteiger partial charge in [0.25, 0.3) is 0 Å². The van der Waals surface area contributed by atoms with Gasteiger partial charge in [-0.1, -0.05) is 6.92 Å². The van der Waals surface area contributed by atoms with Crippen LogP contribution < -0.4 is 10.5 Å². The molecule has 0 aromatic heterocycles. The number of carbonyl (C=O) groups excluding carboxylic acids is 1. The van der Waals surface area contributed by atoms with E-state index in [0.717, 1.165) is 12.0 Å². The smallest absolute Gasteiger partial charge is 0.338 e. The molecule has 2 N–H and O–H groups in total. The van der Waals surface area contributed by atoms with Crippen molar-refractivity contribution in [2.75, 3.05) is 19.5 Å². The fraction of sp³-hybridized carbons (Fsp3) is 0.417. The van der Waals surface area contributed by atoms with E-state index in [1.807, 2.05) is 13.8 Å². The number of benzene rings is 1. The molecule has 0 aliphatic heterocycles. The van der Waals surface area contributed by atoms with E-state index in [0.29, 0.717) is 23.6 Å². The first-order valence-electron chi connectivity index (χ1n) is 5.21. The normalized spacial score (nSPS) is 9.94. The van der Waals surface area contributed by atoms with Crippen LogP contribution in [0.15, 0.2) is 12.1 Å². The minimum Gasteiger partial charge on any atom is -0.493 e. The van der Waals surface area contributed by atoms with Crippen LogP contribution in [0.3, 0.4) is 0 Å². The zero-order chi connectivity index (χ0) is 12.1. The molecule has 88 valence electrons. The van der Waals surface area contributed by atoms with E-state index < -0.39 is 5.97 Å². The van der Waals surface area contributed by atoms with E-state index in [1.54, 1.807) is 12.1 Å². The van der Waals surface area contributed by atoms with Gasteiger partial charge >= 0.3 is 5.97 Å². The van der Waals surface area contributed by atoms with E-state index in [4.69, 9.17) is 10.5 Å². The number of nitrogens with two attached hydrogens (primary N) is 1. The molecular formula is C12H17NO3. The van der Waals surface area contributed by atoms with Crippen LogP contribution in [-0.2, 0) is 4.74 Å². The molecule has 0 aliphatic carbocycles.